The number of carbonyl (C=O) groups excluding carboxylic acids is 1. The van der Waals surface area contributed by atoms with Crippen molar-refractivity contribution in [2.24, 2.45) is 0 Å². The summed E-state index contributed by atoms with van der Waals surface area (Å²) >= 11 is 6.19. The molecule has 32 heavy (non-hydrogen) atoms. The van der Waals surface area contributed by atoms with E-state index in [0.717, 1.165) is 16.4 Å². The van der Waals surface area contributed by atoms with Crippen LogP contribution >= 0.6 is 11.6 Å². The summed E-state index contributed by atoms with van der Waals surface area (Å²) in [5.41, 5.74) is 0.761. The van der Waals surface area contributed by atoms with Crippen LogP contribution in [0.5, 0.6) is 11.5 Å². The highest BCUT2D eigenvalue weighted by atomic mass is 35.5. The average molecular weight is 483 g/mol. The molecule has 2 aliphatic rings. The van der Waals surface area contributed by atoms with Crippen molar-refractivity contribution in [1.82, 2.24) is 4.31 Å². The fourth-order valence-electron chi connectivity index (χ4n) is 3.29. The second-order valence-corrected chi connectivity index (χ2v) is 9.32. The Kier molecular flexibility index (Phi) is 6.66. The molecule has 11 heteroatoms. The number of sulfonamides is 1. The van der Waals surface area contributed by atoms with E-state index in [1.807, 2.05) is 0 Å². The molecule has 0 radical (unpaired) electrons. The number of hydrogen-bond donors (Lipinski definition) is 1. The third-order valence-corrected chi connectivity index (χ3v) is 7.03. The summed E-state index contributed by atoms with van der Waals surface area (Å²) in [6.07, 6.45) is 2.77. The standard InChI is InChI=1S/C21H20ClFN2O6S/c22-16-11-14(12-18-21(16)31-10-9-30-18)1-4-20(26)24-15-2-3-17(23)19(13-15)32(27,28)25-5-7-29-8-6-25/h1-4,11-13H,5-10H2,(H,24,26)/b4-1+. The largest absolute Gasteiger partial charge is 0.486 e. The highest BCUT2D eigenvalue weighted by Crippen LogP contribution is 2.38. The molecule has 1 fully saturated rings. The quantitative estimate of drug-likeness (QED) is 0.658. The van der Waals surface area contributed by atoms with Gasteiger partial charge in [0, 0.05) is 24.9 Å². The minimum atomic E-state index is -4.05. The van der Waals surface area contributed by atoms with Crippen LogP contribution in [0.25, 0.3) is 6.08 Å². The molecule has 2 aliphatic heterocycles. The molecule has 2 aromatic carbocycles. The van der Waals surface area contributed by atoms with Gasteiger partial charge in [0.05, 0.1) is 18.2 Å². The summed E-state index contributed by atoms with van der Waals surface area (Å²) in [5, 5.41) is 2.90. The Morgan fingerprint density at radius 2 is 1.84 bits per heavy atom. The predicted molar refractivity (Wildman–Crippen MR) is 116 cm³/mol. The van der Waals surface area contributed by atoms with Crippen LogP contribution < -0.4 is 14.8 Å². The molecule has 0 saturated carbocycles. The Bertz CT molecular complexity index is 1170. The van der Waals surface area contributed by atoms with Crippen molar-refractivity contribution in [2.45, 2.75) is 4.90 Å². The van der Waals surface area contributed by atoms with Crippen LogP contribution in [-0.4, -0.2) is 58.1 Å². The summed E-state index contributed by atoms with van der Waals surface area (Å²) in [6.45, 7) is 1.57. The number of anilines is 1. The van der Waals surface area contributed by atoms with Gasteiger partial charge >= 0.3 is 0 Å². The number of fused-ring (bicyclic) bond motifs is 1. The second-order valence-electron chi connectivity index (χ2n) is 7.01. The molecule has 0 aliphatic carbocycles. The summed E-state index contributed by atoms with van der Waals surface area (Å²) in [7, 11) is -4.05. The zero-order valence-corrected chi connectivity index (χ0v) is 18.4. The summed E-state index contributed by atoms with van der Waals surface area (Å²) in [4.78, 5) is 11.8. The molecule has 1 amide bonds. The zero-order chi connectivity index (χ0) is 22.7. The number of ether oxygens (including phenoxy) is 3. The van der Waals surface area contributed by atoms with Crippen LogP contribution in [0, 0.1) is 5.82 Å². The molecule has 1 saturated heterocycles. The molecule has 2 aromatic rings. The molecule has 1 N–H and O–H groups in total. The lowest BCUT2D eigenvalue weighted by Gasteiger charge is -2.26. The van der Waals surface area contributed by atoms with Crippen molar-refractivity contribution < 1.29 is 31.8 Å². The molecule has 0 unspecified atom stereocenters. The van der Waals surface area contributed by atoms with Crippen LogP contribution in [0.2, 0.25) is 5.02 Å². The predicted octanol–water partition coefficient (Wildman–Crippen LogP) is 2.92. The number of rotatable bonds is 5. The fourth-order valence-corrected chi connectivity index (χ4v) is 5.06. The number of morpholine rings is 1. The van der Waals surface area contributed by atoms with Crippen molar-refractivity contribution >= 4 is 39.3 Å². The summed E-state index contributed by atoms with van der Waals surface area (Å²) < 4.78 is 57.1. The van der Waals surface area contributed by atoms with Gasteiger partial charge in [-0.1, -0.05) is 11.6 Å². The molecule has 2 heterocycles. The van der Waals surface area contributed by atoms with Gasteiger partial charge in [-0.2, -0.15) is 4.31 Å². The average Bonchev–Trinajstić information content (AvgIpc) is 2.79. The van der Waals surface area contributed by atoms with E-state index >= 15 is 0 Å². The molecular weight excluding hydrogens is 463 g/mol. The first-order chi connectivity index (χ1) is 15.3. The van der Waals surface area contributed by atoms with E-state index < -0.39 is 26.6 Å². The van der Waals surface area contributed by atoms with E-state index in [1.165, 1.54) is 18.2 Å². The van der Waals surface area contributed by atoms with Crippen molar-refractivity contribution in [3.63, 3.8) is 0 Å². The highest BCUT2D eigenvalue weighted by molar-refractivity contribution is 7.89. The molecule has 0 aromatic heterocycles. The maximum atomic E-state index is 14.3. The van der Waals surface area contributed by atoms with Gasteiger partial charge in [0.2, 0.25) is 15.9 Å². The van der Waals surface area contributed by atoms with Crippen molar-refractivity contribution in [2.75, 3.05) is 44.8 Å². The van der Waals surface area contributed by atoms with Gasteiger partial charge in [-0.15, -0.1) is 0 Å². The molecule has 0 spiro atoms. The van der Waals surface area contributed by atoms with Crippen LogP contribution in [0.1, 0.15) is 5.56 Å². The summed E-state index contributed by atoms with van der Waals surface area (Å²) in [5.74, 6) is -0.478. The van der Waals surface area contributed by atoms with Gasteiger partial charge < -0.3 is 19.5 Å². The van der Waals surface area contributed by atoms with E-state index in [2.05, 4.69) is 5.32 Å². The maximum absolute atomic E-state index is 14.3. The fraction of sp³-hybridized carbons (Fsp3) is 0.286. The first-order valence-corrected chi connectivity index (χ1v) is 11.6. The summed E-state index contributed by atoms with van der Waals surface area (Å²) in [6, 6.07) is 6.72. The van der Waals surface area contributed by atoms with Crippen molar-refractivity contribution in [3.05, 3.63) is 52.8 Å². The molecule has 0 atom stereocenters. The number of amides is 1. The highest BCUT2D eigenvalue weighted by Gasteiger charge is 2.29. The number of benzene rings is 2. The van der Waals surface area contributed by atoms with Gasteiger partial charge in [0.15, 0.2) is 11.5 Å². The van der Waals surface area contributed by atoms with E-state index in [1.54, 1.807) is 12.1 Å². The Morgan fingerprint density at radius 3 is 2.62 bits per heavy atom. The lowest BCUT2D eigenvalue weighted by atomic mass is 10.1. The first kappa shape index (κ1) is 22.5. The van der Waals surface area contributed by atoms with Gasteiger partial charge in [0.1, 0.15) is 23.9 Å². The van der Waals surface area contributed by atoms with Gasteiger partial charge in [0.25, 0.3) is 0 Å². The van der Waals surface area contributed by atoms with Crippen molar-refractivity contribution in [1.29, 1.82) is 0 Å². The number of nitrogens with one attached hydrogen (secondary N) is 1. The van der Waals surface area contributed by atoms with Crippen LogP contribution in [-0.2, 0) is 19.6 Å². The minimum Gasteiger partial charge on any atom is -0.486 e. The number of nitrogens with zero attached hydrogens (tertiary/aromatic N) is 1. The Morgan fingerprint density at radius 1 is 1.09 bits per heavy atom. The van der Waals surface area contributed by atoms with Crippen LogP contribution in [0.4, 0.5) is 10.1 Å². The Labute approximate surface area is 189 Å². The third-order valence-electron chi connectivity index (χ3n) is 4.83. The number of hydrogen-bond acceptors (Lipinski definition) is 6. The third kappa shape index (κ3) is 4.88. The van der Waals surface area contributed by atoms with E-state index in [4.69, 9.17) is 25.8 Å². The van der Waals surface area contributed by atoms with Gasteiger partial charge in [-0.25, -0.2) is 12.8 Å². The maximum Gasteiger partial charge on any atom is 0.248 e. The number of carbonyl (C=O) groups is 1. The van der Waals surface area contributed by atoms with E-state index in [9.17, 15) is 17.6 Å². The van der Waals surface area contributed by atoms with Gasteiger partial charge in [-0.3, -0.25) is 4.79 Å². The van der Waals surface area contributed by atoms with Crippen molar-refractivity contribution in [3.8, 4) is 11.5 Å². The van der Waals surface area contributed by atoms with Crippen LogP contribution in [0.15, 0.2) is 41.3 Å². The monoisotopic (exact) mass is 482 g/mol. The topological polar surface area (TPSA) is 94.2 Å². The van der Waals surface area contributed by atoms with Crippen LogP contribution in [0.3, 0.4) is 0 Å². The van der Waals surface area contributed by atoms with E-state index in [0.29, 0.717) is 35.3 Å². The molecule has 0 bridgehead atoms. The van der Waals surface area contributed by atoms with E-state index in [-0.39, 0.29) is 32.0 Å². The molecule has 8 nitrogen and oxygen atoms in total. The number of halogens is 2. The normalized spacial score (nSPS) is 16.8. The minimum absolute atomic E-state index is 0.138. The smallest absolute Gasteiger partial charge is 0.248 e. The SMILES string of the molecule is O=C(/C=C/c1cc(Cl)c2c(c1)OCCO2)Nc1ccc(F)c(S(=O)(=O)N2CCOCC2)c1. The molecule has 170 valence electrons. The molecular formula is C21H20ClFN2O6S. The molecule has 4 rings (SSSR count). The lowest BCUT2D eigenvalue weighted by molar-refractivity contribution is -0.111. The second kappa shape index (κ2) is 9.45. The lowest BCUT2D eigenvalue weighted by Crippen LogP contribution is -2.40. The van der Waals surface area contributed by atoms with Gasteiger partial charge in [-0.05, 0) is 42.0 Å². The zero-order valence-electron chi connectivity index (χ0n) is 16.8. The Hall–Kier alpha value is -2.66. The first-order valence-electron chi connectivity index (χ1n) is 9.80. The Balaban J connectivity index is 1.49.